The average Bonchev–Trinajstić information content (AvgIpc) is 2.96. The summed E-state index contributed by atoms with van der Waals surface area (Å²) in [5.74, 6) is -0.299. The zero-order valence-corrected chi connectivity index (χ0v) is 12.0. The van der Waals surface area contributed by atoms with Gasteiger partial charge in [-0.2, -0.15) is 11.8 Å². The van der Waals surface area contributed by atoms with Crippen molar-refractivity contribution in [2.24, 2.45) is 0 Å². The summed E-state index contributed by atoms with van der Waals surface area (Å²) < 4.78 is 0. The van der Waals surface area contributed by atoms with Crippen molar-refractivity contribution in [2.75, 3.05) is 11.5 Å². The molecule has 21 heavy (non-hydrogen) atoms. The van der Waals surface area contributed by atoms with Gasteiger partial charge < -0.3 is 10.4 Å². The van der Waals surface area contributed by atoms with E-state index in [-0.39, 0.29) is 5.69 Å². The highest BCUT2D eigenvalue weighted by Gasteiger charge is 2.43. The van der Waals surface area contributed by atoms with Crippen LogP contribution in [0.5, 0.6) is 0 Å². The molecule has 1 aliphatic rings. The smallest absolute Gasteiger partial charge is 0.330 e. The Kier molecular flexibility index (Phi) is 3.55. The molecule has 5 nitrogen and oxygen atoms in total. The molecule has 1 atom stereocenters. The van der Waals surface area contributed by atoms with Crippen LogP contribution in [-0.4, -0.2) is 39.0 Å². The molecule has 1 aromatic carbocycles. The molecular weight excluding hydrogens is 288 g/mol. The van der Waals surface area contributed by atoms with Crippen LogP contribution in [0.1, 0.15) is 16.9 Å². The van der Waals surface area contributed by atoms with Crippen LogP contribution >= 0.6 is 11.8 Å². The number of carboxylic acids is 1. The van der Waals surface area contributed by atoms with Crippen molar-refractivity contribution in [3.05, 3.63) is 42.2 Å². The minimum absolute atomic E-state index is 0.269. The third kappa shape index (κ3) is 2.47. The SMILES string of the molecule is O=C(N[C@@]1(C(=O)O)CCSC1)c1nccc2ccccc12. The van der Waals surface area contributed by atoms with Gasteiger partial charge in [0.1, 0.15) is 11.2 Å². The summed E-state index contributed by atoms with van der Waals surface area (Å²) in [7, 11) is 0. The van der Waals surface area contributed by atoms with E-state index >= 15 is 0 Å². The summed E-state index contributed by atoms with van der Waals surface area (Å²) in [6.07, 6.45) is 2.00. The molecule has 0 spiro atoms. The number of carbonyl (C=O) groups is 2. The van der Waals surface area contributed by atoms with Gasteiger partial charge in [0.15, 0.2) is 0 Å². The number of rotatable bonds is 3. The van der Waals surface area contributed by atoms with Crippen molar-refractivity contribution in [3.63, 3.8) is 0 Å². The number of hydrogen-bond donors (Lipinski definition) is 2. The number of aliphatic carboxylic acids is 1. The van der Waals surface area contributed by atoms with Crippen LogP contribution in [0.15, 0.2) is 36.5 Å². The van der Waals surface area contributed by atoms with E-state index in [1.807, 2.05) is 30.3 Å². The standard InChI is InChI=1S/C15H14N2O3S/c18-13(17-15(14(19)20)6-8-21-9-15)12-11-4-2-1-3-10(11)5-7-16-12/h1-5,7H,6,8-9H2,(H,17,18)(H,19,20)/t15-/m0/s1. The predicted octanol–water partition coefficient (Wildman–Crippen LogP) is 1.92. The zero-order chi connectivity index (χ0) is 14.9. The summed E-state index contributed by atoms with van der Waals surface area (Å²) in [5, 5.41) is 13.7. The Morgan fingerprint density at radius 2 is 2.10 bits per heavy atom. The summed E-state index contributed by atoms with van der Waals surface area (Å²) in [6, 6.07) is 9.25. The van der Waals surface area contributed by atoms with Gasteiger partial charge in [0.25, 0.3) is 5.91 Å². The fourth-order valence-electron chi connectivity index (χ4n) is 2.46. The first kappa shape index (κ1) is 13.9. The van der Waals surface area contributed by atoms with Crippen molar-refractivity contribution in [2.45, 2.75) is 12.0 Å². The number of nitrogens with one attached hydrogen (secondary N) is 1. The Labute approximate surface area is 125 Å². The molecule has 108 valence electrons. The third-order valence-corrected chi connectivity index (χ3v) is 4.86. The molecule has 1 aromatic heterocycles. The third-order valence-electron chi connectivity index (χ3n) is 3.67. The second kappa shape index (κ2) is 5.37. The van der Waals surface area contributed by atoms with Gasteiger partial charge in [0, 0.05) is 17.3 Å². The Morgan fingerprint density at radius 3 is 2.81 bits per heavy atom. The van der Waals surface area contributed by atoms with E-state index in [1.165, 1.54) is 11.8 Å². The van der Waals surface area contributed by atoms with Crippen LogP contribution in [-0.2, 0) is 4.79 Å². The van der Waals surface area contributed by atoms with Gasteiger partial charge in [-0.15, -0.1) is 0 Å². The first-order valence-electron chi connectivity index (χ1n) is 6.60. The lowest BCUT2D eigenvalue weighted by Gasteiger charge is -2.24. The van der Waals surface area contributed by atoms with Gasteiger partial charge in [-0.25, -0.2) is 4.79 Å². The minimum atomic E-state index is -1.18. The van der Waals surface area contributed by atoms with E-state index in [0.717, 1.165) is 16.5 Å². The lowest BCUT2D eigenvalue weighted by atomic mass is 9.98. The molecule has 0 aliphatic carbocycles. The highest BCUT2D eigenvalue weighted by atomic mass is 32.2. The van der Waals surface area contributed by atoms with Crippen LogP contribution in [0.4, 0.5) is 0 Å². The Hall–Kier alpha value is -2.08. The summed E-state index contributed by atoms with van der Waals surface area (Å²) in [5.41, 5.74) is -0.911. The van der Waals surface area contributed by atoms with Crippen molar-refractivity contribution < 1.29 is 14.7 Å². The minimum Gasteiger partial charge on any atom is -0.479 e. The van der Waals surface area contributed by atoms with Crippen LogP contribution in [0.2, 0.25) is 0 Å². The Morgan fingerprint density at radius 1 is 1.29 bits per heavy atom. The molecule has 0 bridgehead atoms. The van der Waals surface area contributed by atoms with Gasteiger partial charge >= 0.3 is 5.97 Å². The Balaban J connectivity index is 1.96. The van der Waals surface area contributed by atoms with E-state index in [0.29, 0.717) is 12.2 Å². The van der Waals surface area contributed by atoms with Crippen LogP contribution in [0.3, 0.4) is 0 Å². The molecule has 1 saturated heterocycles. The molecule has 3 rings (SSSR count). The number of amides is 1. The van der Waals surface area contributed by atoms with Gasteiger partial charge in [0.2, 0.25) is 0 Å². The fourth-order valence-corrected chi connectivity index (χ4v) is 3.79. The molecular formula is C15H14N2O3S. The highest BCUT2D eigenvalue weighted by molar-refractivity contribution is 7.99. The molecule has 2 heterocycles. The number of benzene rings is 1. The lowest BCUT2D eigenvalue weighted by Crippen LogP contribution is -2.54. The number of nitrogens with zero attached hydrogens (tertiary/aromatic N) is 1. The van der Waals surface area contributed by atoms with Crippen LogP contribution < -0.4 is 5.32 Å². The quantitative estimate of drug-likeness (QED) is 0.905. The van der Waals surface area contributed by atoms with E-state index < -0.39 is 17.4 Å². The molecule has 6 heteroatoms. The second-order valence-electron chi connectivity index (χ2n) is 5.02. The number of aromatic nitrogens is 1. The van der Waals surface area contributed by atoms with Crippen molar-refractivity contribution in [1.29, 1.82) is 0 Å². The molecule has 2 aromatic rings. The van der Waals surface area contributed by atoms with Crippen LogP contribution in [0, 0.1) is 0 Å². The number of pyridine rings is 1. The predicted molar refractivity (Wildman–Crippen MR) is 81.5 cm³/mol. The topological polar surface area (TPSA) is 79.3 Å². The number of carboxylic acid groups (broad SMARTS) is 1. The van der Waals surface area contributed by atoms with E-state index in [2.05, 4.69) is 10.3 Å². The number of fused-ring (bicyclic) bond motifs is 1. The summed E-state index contributed by atoms with van der Waals surface area (Å²) in [6.45, 7) is 0. The van der Waals surface area contributed by atoms with E-state index in [1.54, 1.807) is 6.20 Å². The molecule has 1 aliphatic heterocycles. The lowest BCUT2D eigenvalue weighted by molar-refractivity contribution is -0.143. The van der Waals surface area contributed by atoms with Crippen LogP contribution in [0.25, 0.3) is 10.8 Å². The second-order valence-corrected chi connectivity index (χ2v) is 6.13. The first-order chi connectivity index (χ1) is 10.1. The van der Waals surface area contributed by atoms with Gasteiger partial charge in [-0.3, -0.25) is 9.78 Å². The maximum Gasteiger partial charge on any atom is 0.330 e. The number of hydrogen-bond acceptors (Lipinski definition) is 4. The Bertz CT molecular complexity index is 706. The number of thioether (sulfide) groups is 1. The zero-order valence-electron chi connectivity index (χ0n) is 11.2. The number of carbonyl (C=O) groups excluding carboxylic acids is 1. The maximum atomic E-state index is 12.5. The molecule has 1 amide bonds. The maximum absolute atomic E-state index is 12.5. The van der Waals surface area contributed by atoms with Crippen molar-refractivity contribution in [3.8, 4) is 0 Å². The normalized spacial score (nSPS) is 21.3. The van der Waals surface area contributed by atoms with Gasteiger partial charge in [-0.05, 0) is 23.6 Å². The van der Waals surface area contributed by atoms with Crippen molar-refractivity contribution in [1.82, 2.24) is 10.3 Å². The van der Waals surface area contributed by atoms with Gasteiger partial charge in [0.05, 0.1) is 0 Å². The van der Waals surface area contributed by atoms with Gasteiger partial charge in [-0.1, -0.05) is 24.3 Å². The summed E-state index contributed by atoms with van der Waals surface area (Å²) in [4.78, 5) is 28.1. The molecule has 1 fully saturated rings. The van der Waals surface area contributed by atoms with E-state index in [9.17, 15) is 14.7 Å². The van der Waals surface area contributed by atoms with Crippen molar-refractivity contribution >= 4 is 34.4 Å². The molecule has 0 radical (unpaired) electrons. The first-order valence-corrected chi connectivity index (χ1v) is 7.75. The molecule has 0 unspecified atom stereocenters. The fraction of sp³-hybridized carbons (Fsp3) is 0.267. The molecule has 2 N–H and O–H groups in total. The highest BCUT2D eigenvalue weighted by Crippen LogP contribution is 2.29. The monoisotopic (exact) mass is 302 g/mol. The van der Waals surface area contributed by atoms with E-state index in [4.69, 9.17) is 0 Å². The molecule has 0 saturated carbocycles. The summed E-state index contributed by atoms with van der Waals surface area (Å²) >= 11 is 1.53. The largest absolute Gasteiger partial charge is 0.479 e. The average molecular weight is 302 g/mol.